The van der Waals surface area contributed by atoms with Gasteiger partial charge in [0.2, 0.25) is 0 Å². The third-order valence-corrected chi connectivity index (χ3v) is 2.50. The highest BCUT2D eigenvalue weighted by molar-refractivity contribution is 5.84. The van der Waals surface area contributed by atoms with Crippen molar-refractivity contribution in [1.82, 2.24) is 4.90 Å². The molecular formula is C12H15F2NO3. The summed E-state index contributed by atoms with van der Waals surface area (Å²) in [5.41, 5.74) is -0.405. The van der Waals surface area contributed by atoms with Crippen LogP contribution in [-0.2, 0) is 10.7 Å². The van der Waals surface area contributed by atoms with Crippen LogP contribution in [0.2, 0.25) is 0 Å². The zero-order chi connectivity index (χ0) is 13.8. The molecule has 0 radical (unpaired) electrons. The molecule has 0 unspecified atom stereocenters. The van der Waals surface area contributed by atoms with Gasteiger partial charge in [-0.15, -0.1) is 0 Å². The lowest BCUT2D eigenvalue weighted by molar-refractivity contribution is -0.158. The monoisotopic (exact) mass is 259 g/mol. The summed E-state index contributed by atoms with van der Waals surface area (Å²) in [5.74, 6) is -4.52. The molecular weight excluding hydrogens is 244 g/mol. The number of alkyl halides is 2. The summed E-state index contributed by atoms with van der Waals surface area (Å²) in [6, 6.07) is 5.01. The molecule has 0 aliphatic rings. The Kier molecular flexibility index (Phi) is 4.61. The molecule has 18 heavy (non-hydrogen) atoms. The lowest BCUT2D eigenvalue weighted by atomic mass is 10.1. The van der Waals surface area contributed by atoms with Crippen LogP contribution in [0.4, 0.5) is 8.78 Å². The van der Waals surface area contributed by atoms with E-state index >= 15 is 0 Å². The predicted molar refractivity (Wildman–Crippen MR) is 61.6 cm³/mol. The molecule has 0 heterocycles. The number of carbonyl (C=O) groups is 1. The van der Waals surface area contributed by atoms with E-state index in [1.807, 2.05) is 0 Å². The minimum atomic E-state index is -3.61. The quantitative estimate of drug-likeness (QED) is 0.865. The summed E-state index contributed by atoms with van der Waals surface area (Å²) in [7, 11) is 2.64. The van der Waals surface area contributed by atoms with Crippen LogP contribution in [0.1, 0.15) is 5.56 Å². The molecule has 0 atom stereocenters. The molecule has 100 valence electrons. The van der Waals surface area contributed by atoms with Gasteiger partial charge in [0.15, 0.2) is 0 Å². The van der Waals surface area contributed by atoms with E-state index in [4.69, 9.17) is 9.84 Å². The number of halogens is 2. The zero-order valence-electron chi connectivity index (χ0n) is 10.2. The molecule has 1 amide bonds. The molecule has 1 rings (SSSR count). The first-order valence-electron chi connectivity index (χ1n) is 5.32. The number of hydrogen-bond acceptors (Lipinski definition) is 3. The predicted octanol–water partition coefficient (Wildman–Crippen LogP) is 1.24. The standard InChI is InChI=1S/C12H15F2NO3/c1-15(7-8-16)11(17)12(13,14)9-3-5-10(18-2)6-4-9/h3-6,16H,7-8H2,1-2H3. The van der Waals surface area contributed by atoms with Crippen LogP contribution in [0.3, 0.4) is 0 Å². The van der Waals surface area contributed by atoms with E-state index in [1.165, 1.54) is 26.3 Å². The number of benzene rings is 1. The molecule has 0 aliphatic carbocycles. The number of rotatable bonds is 5. The maximum atomic E-state index is 13.8. The third kappa shape index (κ3) is 2.95. The van der Waals surface area contributed by atoms with Gasteiger partial charge in [0.25, 0.3) is 5.91 Å². The second kappa shape index (κ2) is 5.77. The Labute approximate surface area is 104 Å². The van der Waals surface area contributed by atoms with E-state index in [1.54, 1.807) is 0 Å². The van der Waals surface area contributed by atoms with E-state index in [-0.39, 0.29) is 13.2 Å². The Balaban J connectivity index is 2.93. The molecule has 0 aromatic heterocycles. The highest BCUT2D eigenvalue weighted by Crippen LogP contribution is 2.31. The smallest absolute Gasteiger partial charge is 0.349 e. The lowest BCUT2D eigenvalue weighted by Crippen LogP contribution is -2.40. The normalized spacial score (nSPS) is 11.2. The van der Waals surface area contributed by atoms with E-state index in [0.29, 0.717) is 5.75 Å². The Morgan fingerprint density at radius 1 is 1.39 bits per heavy atom. The first-order chi connectivity index (χ1) is 8.43. The fraction of sp³-hybridized carbons (Fsp3) is 0.417. The highest BCUT2D eigenvalue weighted by atomic mass is 19.3. The molecule has 4 nitrogen and oxygen atoms in total. The van der Waals surface area contributed by atoms with Gasteiger partial charge in [-0.05, 0) is 24.3 Å². The van der Waals surface area contributed by atoms with Gasteiger partial charge >= 0.3 is 5.92 Å². The van der Waals surface area contributed by atoms with Gasteiger partial charge in [-0.3, -0.25) is 4.79 Å². The molecule has 1 N–H and O–H groups in total. The van der Waals surface area contributed by atoms with Crippen molar-refractivity contribution < 1.29 is 23.4 Å². The number of carbonyl (C=O) groups excluding carboxylic acids is 1. The van der Waals surface area contributed by atoms with E-state index < -0.39 is 17.4 Å². The number of aliphatic hydroxyl groups is 1. The number of likely N-dealkylation sites (N-methyl/N-ethyl adjacent to an activating group) is 1. The molecule has 0 saturated heterocycles. The van der Waals surface area contributed by atoms with Crippen molar-refractivity contribution in [3.63, 3.8) is 0 Å². The minimum absolute atomic E-state index is 0.134. The van der Waals surface area contributed by atoms with Crippen molar-refractivity contribution in [2.45, 2.75) is 5.92 Å². The van der Waals surface area contributed by atoms with Crippen LogP contribution in [0.25, 0.3) is 0 Å². The van der Waals surface area contributed by atoms with Crippen LogP contribution in [0.15, 0.2) is 24.3 Å². The number of ether oxygens (including phenoxy) is 1. The van der Waals surface area contributed by atoms with Gasteiger partial charge in [0.1, 0.15) is 5.75 Å². The van der Waals surface area contributed by atoms with Crippen LogP contribution >= 0.6 is 0 Å². The van der Waals surface area contributed by atoms with Gasteiger partial charge in [0, 0.05) is 19.2 Å². The number of methoxy groups -OCH3 is 1. The maximum Gasteiger partial charge on any atom is 0.349 e. The van der Waals surface area contributed by atoms with E-state index in [9.17, 15) is 13.6 Å². The number of hydrogen-bond donors (Lipinski definition) is 1. The first-order valence-corrected chi connectivity index (χ1v) is 5.32. The summed E-state index contributed by atoms with van der Waals surface area (Å²) in [4.78, 5) is 12.3. The van der Waals surface area contributed by atoms with Crippen LogP contribution < -0.4 is 4.74 Å². The van der Waals surface area contributed by atoms with Crippen LogP contribution in [0.5, 0.6) is 5.75 Å². The van der Waals surface area contributed by atoms with Gasteiger partial charge in [-0.1, -0.05) is 0 Å². The van der Waals surface area contributed by atoms with Crippen molar-refractivity contribution in [3.8, 4) is 5.75 Å². The van der Waals surface area contributed by atoms with Crippen molar-refractivity contribution in [2.75, 3.05) is 27.3 Å². The van der Waals surface area contributed by atoms with Crippen LogP contribution in [-0.4, -0.2) is 43.2 Å². The SMILES string of the molecule is COc1ccc(C(F)(F)C(=O)N(C)CCO)cc1. The van der Waals surface area contributed by atoms with Gasteiger partial charge in [-0.2, -0.15) is 8.78 Å². The molecule has 0 aliphatic heterocycles. The Hall–Kier alpha value is -1.69. The Morgan fingerprint density at radius 3 is 2.39 bits per heavy atom. The average molecular weight is 259 g/mol. The van der Waals surface area contributed by atoms with Gasteiger partial charge in [-0.25, -0.2) is 0 Å². The first kappa shape index (κ1) is 14.4. The molecule has 0 bridgehead atoms. The van der Waals surface area contributed by atoms with Crippen molar-refractivity contribution in [1.29, 1.82) is 0 Å². The topological polar surface area (TPSA) is 49.8 Å². The Morgan fingerprint density at radius 2 is 1.94 bits per heavy atom. The largest absolute Gasteiger partial charge is 0.497 e. The molecule has 1 aromatic rings. The van der Waals surface area contributed by atoms with Gasteiger partial charge in [0.05, 0.1) is 13.7 Å². The summed E-state index contributed by atoms with van der Waals surface area (Å²) >= 11 is 0. The zero-order valence-corrected chi connectivity index (χ0v) is 10.2. The van der Waals surface area contributed by atoms with Gasteiger partial charge < -0.3 is 14.7 Å². The molecule has 0 fully saturated rings. The number of amides is 1. The minimum Gasteiger partial charge on any atom is -0.497 e. The summed E-state index contributed by atoms with van der Waals surface area (Å²) < 4.78 is 32.5. The van der Waals surface area contributed by atoms with E-state index in [2.05, 4.69) is 0 Å². The van der Waals surface area contributed by atoms with Crippen LogP contribution in [0, 0.1) is 0 Å². The molecule has 0 saturated carbocycles. The maximum absolute atomic E-state index is 13.8. The highest BCUT2D eigenvalue weighted by Gasteiger charge is 2.42. The summed E-state index contributed by atoms with van der Waals surface area (Å²) in [6.07, 6.45) is 0. The Bertz CT molecular complexity index is 406. The molecule has 6 heteroatoms. The average Bonchev–Trinajstić information content (AvgIpc) is 2.38. The fourth-order valence-electron chi connectivity index (χ4n) is 1.42. The van der Waals surface area contributed by atoms with Crippen molar-refractivity contribution >= 4 is 5.91 Å². The summed E-state index contributed by atoms with van der Waals surface area (Å²) in [6.45, 7) is -0.495. The second-order valence-corrected chi connectivity index (χ2v) is 3.75. The second-order valence-electron chi connectivity index (χ2n) is 3.75. The third-order valence-electron chi connectivity index (χ3n) is 2.50. The van der Waals surface area contributed by atoms with Crippen molar-refractivity contribution in [3.05, 3.63) is 29.8 Å². The lowest BCUT2D eigenvalue weighted by Gasteiger charge is -2.23. The van der Waals surface area contributed by atoms with Crippen molar-refractivity contribution in [2.24, 2.45) is 0 Å². The van der Waals surface area contributed by atoms with E-state index in [0.717, 1.165) is 17.0 Å². The number of aliphatic hydroxyl groups excluding tert-OH is 1. The fourth-order valence-corrected chi connectivity index (χ4v) is 1.42. The molecule has 1 aromatic carbocycles. The number of nitrogens with zero attached hydrogens (tertiary/aromatic N) is 1. The summed E-state index contributed by atoms with van der Waals surface area (Å²) in [5, 5.41) is 8.63. The molecule has 0 spiro atoms.